The van der Waals surface area contributed by atoms with Gasteiger partial charge in [0.2, 0.25) is 0 Å². The summed E-state index contributed by atoms with van der Waals surface area (Å²) >= 11 is 14.5. The summed E-state index contributed by atoms with van der Waals surface area (Å²) < 4.78 is 12.5. The summed E-state index contributed by atoms with van der Waals surface area (Å²) in [7, 11) is 0. The Balaban J connectivity index is 1.16. The fourth-order valence-corrected chi connectivity index (χ4v) is 6.84. The highest BCUT2D eigenvalue weighted by Gasteiger charge is 2.34. The van der Waals surface area contributed by atoms with Crippen LogP contribution in [0.2, 0.25) is 10.0 Å². The van der Waals surface area contributed by atoms with E-state index < -0.39 is 5.97 Å². The van der Waals surface area contributed by atoms with Crippen molar-refractivity contribution in [2.75, 3.05) is 18.0 Å². The topological polar surface area (TPSA) is 101 Å². The number of hydrogen-bond acceptors (Lipinski definition) is 8. The SMILES string of the molecule is CC(C)Oc1cc(C(=O)O)cc2sc(N3CCC(NCc4c(-c5c(Cl)cccc5Cl)noc4C4CC4)CC3)nc12. The van der Waals surface area contributed by atoms with Crippen LogP contribution in [0.4, 0.5) is 5.13 Å². The quantitative estimate of drug-likeness (QED) is 0.205. The van der Waals surface area contributed by atoms with Crippen LogP contribution in [0.5, 0.6) is 5.75 Å². The molecule has 11 heteroatoms. The zero-order valence-electron chi connectivity index (χ0n) is 22.2. The molecule has 2 aliphatic rings. The lowest BCUT2D eigenvalue weighted by Gasteiger charge is -2.32. The number of fused-ring (bicyclic) bond motifs is 1. The second-order valence-corrected chi connectivity index (χ2v) is 12.5. The van der Waals surface area contributed by atoms with E-state index in [4.69, 9.17) is 37.4 Å². The van der Waals surface area contributed by atoms with Crippen molar-refractivity contribution >= 4 is 55.9 Å². The molecule has 0 bridgehead atoms. The molecule has 0 atom stereocenters. The van der Waals surface area contributed by atoms with Gasteiger partial charge in [-0.1, -0.05) is 45.8 Å². The smallest absolute Gasteiger partial charge is 0.335 e. The Labute approximate surface area is 246 Å². The highest BCUT2D eigenvalue weighted by atomic mass is 35.5. The van der Waals surface area contributed by atoms with Gasteiger partial charge in [0, 0.05) is 42.7 Å². The van der Waals surface area contributed by atoms with Gasteiger partial charge in [-0.2, -0.15) is 0 Å². The van der Waals surface area contributed by atoms with Crippen molar-refractivity contribution in [1.82, 2.24) is 15.5 Å². The number of aromatic nitrogens is 2. The largest absolute Gasteiger partial charge is 0.489 e. The molecule has 4 aromatic rings. The number of piperidine rings is 1. The Morgan fingerprint density at radius 2 is 1.93 bits per heavy atom. The molecular weight excluding hydrogens is 571 g/mol. The van der Waals surface area contributed by atoms with Crippen LogP contribution in [0, 0.1) is 0 Å². The molecule has 2 fully saturated rings. The Morgan fingerprint density at radius 3 is 2.58 bits per heavy atom. The van der Waals surface area contributed by atoms with E-state index >= 15 is 0 Å². The Bertz CT molecular complexity index is 1540. The third-order valence-electron chi connectivity index (χ3n) is 7.36. The highest BCUT2D eigenvalue weighted by Crippen LogP contribution is 2.46. The van der Waals surface area contributed by atoms with Gasteiger partial charge in [0.25, 0.3) is 0 Å². The van der Waals surface area contributed by atoms with Crippen LogP contribution in [0.1, 0.15) is 67.1 Å². The van der Waals surface area contributed by atoms with Crippen molar-refractivity contribution in [2.24, 2.45) is 0 Å². The van der Waals surface area contributed by atoms with E-state index in [1.807, 2.05) is 32.0 Å². The van der Waals surface area contributed by atoms with Crippen LogP contribution < -0.4 is 15.0 Å². The van der Waals surface area contributed by atoms with Crippen LogP contribution >= 0.6 is 34.5 Å². The molecule has 6 rings (SSSR count). The maximum absolute atomic E-state index is 11.7. The molecule has 0 radical (unpaired) electrons. The van der Waals surface area contributed by atoms with Crippen LogP contribution in [0.15, 0.2) is 34.9 Å². The number of rotatable bonds is 9. The molecule has 2 aromatic heterocycles. The number of carbonyl (C=O) groups is 1. The van der Waals surface area contributed by atoms with Gasteiger partial charge in [-0.3, -0.25) is 0 Å². The molecule has 1 aliphatic carbocycles. The average molecular weight is 602 g/mol. The minimum Gasteiger partial charge on any atom is -0.489 e. The Morgan fingerprint density at radius 1 is 1.20 bits per heavy atom. The van der Waals surface area contributed by atoms with Gasteiger partial charge in [0.05, 0.1) is 26.4 Å². The minimum atomic E-state index is -0.977. The van der Waals surface area contributed by atoms with Gasteiger partial charge in [0.15, 0.2) is 5.13 Å². The van der Waals surface area contributed by atoms with Gasteiger partial charge in [-0.05, 0) is 63.8 Å². The van der Waals surface area contributed by atoms with Gasteiger partial charge in [-0.25, -0.2) is 9.78 Å². The first kappa shape index (κ1) is 27.3. The lowest BCUT2D eigenvalue weighted by molar-refractivity contribution is 0.0696. The first-order valence-corrected chi connectivity index (χ1v) is 15.1. The maximum Gasteiger partial charge on any atom is 0.335 e. The summed E-state index contributed by atoms with van der Waals surface area (Å²) in [6.45, 7) is 6.15. The number of aromatic carboxylic acids is 1. The molecule has 0 unspecified atom stereocenters. The summed E-state index contributed by atoms with van der Waals surface area (Å²) in [5.74, 6) is 0.880. The average Bonchev–Trinajstić information content (AvgIpc) is 3.53. The van der Waals surface area contributed by atoms with E-state index in [0.717, 1.165) is 71.2 Å². The third kappa shape index (κ3) is 5.52. The molecule has 2 aromatic carbocycles. The molecule has 210 valence electrons. The molecule has 1 saturated heterocycles. The van der Waals surface area contributed by atoms with Crippen LogP contribution in [0.3, 0.4) is 0 Å². The van der Waals surface area contributed by atoms with Crippen molar-refractivity contribution in [3.8, 4) is 17.0 Å². The van der Waals surface area contributed by atoms with E-state index in [-0.39, 0.29) is 11.7 Å². The lowest BCUT2D eigenvalue weighted by atomic mass is 10.0. The molecule has 8 nitrogen and oxygen atoms in total. The maximum atomic E-state index is 11.7. The fourth-order valence-electron chi connectivity index (χ4n) is 5.19. The third-order valence-corrected chi connectivity index (χ3v) is 9.05. The second-order valence-electron chi connectivity index (χ2n) is 10.7. The number of anilines is 1. The van der Waals surface area contributed by atoms with Crippen LogP contribution in [-0.2, 0) is 6.54 Å². The van der Waals surface area contributed by atoms with E-state index in [1.54, 1.807) is 12.1 Å². The van der Waals surface area contributed by atoms with Crippen molar-refractivity contribution in [1.29, 1.82) is 0 Å². The number of carboxylic acid groups (broad SMARTS) is 1. The van der Waals surface area contributed by atoms with E-state index in [2.05, 4.69) is 15.4 Å². The number of halogens is 2. The Kier molecular flexibility index (Phi) is 7.65. The zero-order chi connectivity index (χ0) is 28.0. The fraction of sp³-hybridized carbons (Fsp3) is 0.414. The van der Waals surface area contributed by atoms with Crippen molar-refractivity contribution in [3.63, 3.8) is 0 Å². The lowest BCUT2D eigenvalue weighted by Crippen LogP contribution is -2.42. The zero-order valence-corrected chi connectivity index (χ0v) is 24.6. The van der Waals surface area contributed by atoms with Gasteiger partial charge >= 0.3 is 5.97 Å². The summed E-state index contributed by atoms with van der Waals surface area (Å²) in [5, 5.41) is 19.7. The van der Waals surface area contributed by atoms with Crippen LogP contribution in [0.25, 0.3) is 21.5 Å². The van der Waals surface area contributed by atoms with Gasteiger partial charge in [-0.15, -0.1) is 0 Å². The van der Waals surface area contributed by atoms with E-state index in [1.165, 1.54) is 11.3 Å². The summed E-state index contributed by atoms with van der Waals surface area (Å²) in [4.78, 5) is 18.8. The monoisotopic (exact) mass is 600 g/mol. The number of carboxylic acids is 1. The molecule has 40 heavy (non-hydrogen) atoms. The van der Waals surface area contributed by atoms with E-state index in [9.17, 15) is 9.90 Å². The second kappa shape index (κ2) is 11.2. The standard InChI is InChI=1S/C29H30Cl2N4O4S/c1-15(2)38-22-12-17(28(36)37)13-23-26(22)33-29(40-23)35-10-8-18(9-11-35)32-14-19-25(34-39-27(19)16-6-7-16)24-20(30)4-3-5-21(24)31/h3-5,12-13,15-16,18,32H,6-11,14H2,1-2H3,(H,36,37). The van der Waals surface area contributed by atoms with E-state index in [0.29, 0.717) is 39.8 Å². The predicted octanol–water partition coefficient (Wildman–Crippen LogP) is 7.38. The minimum absolute atomic E-state index is 0.0838. The number of ether oxygens (including phenoxy) is 1. The summed E-state index contributed by atoms with van der Waals surface area (Å²) in [5.41, 5.74) is 3.40. The van der Waals surface area contributed by atoms with Crippen molar-refractivity contribution in [2.45, 2.75) is 64.1 Å². The van der Waals surface area contributed by atoms with Gasteiger partial charge < -0.3 is 24.6 Å². The van der Waals surface area contributed by atoms with Crippen LogP contribution in [-0.4, -0.2) is 46.5 Å². The molecule has 0 amide bonds. The molecule has 0 spiro atoms. The number of nitrogens with one attached hydrogen (secondary N) is 1. The first-order valence-electron chi connectivity index (χ1n) is 13.5. The highest BCUT2D eigenvalue weighted by molar-refractivity contribution is 7.22. The Hall–Kier alpha value is -2.85. The summed E-state index contributed by atoms with van der Waals surface area (Å²) in [6.07, 6.45) is 4.02. The van der Waals surface area contributed by atoms with Crippen molar-refractivity contribution in [3.05, 3.63) is 57.3 Å². The predicted molar refractivity (Wildman–Crippen MR) is 158 cm³/mol. The molecule has 1 saturated carbocycles. The number of hydrogen-bond donors (Lipinski definition) is 2. The van der Waals surface area contributed by atoms with Crippen molar-refractivity contribution < 1.29 is 19.2 Å². The molecule has 2 N–H and O–H groups in total. The van der Waals surface area contributed by atoms with Gasteiger partial charge in [0.1, 0.15) is 22.7 Å². The normalized spacial score (nSPS) is 16.3. The molecule has 3 heterocycles. The number of thiazole rings is 1. The molecule has 1 aliphatic heterocycles. The molecular formula is C29H30Cl2N4O4S. The summed E-state index contributed by atoms with van der Waals surface area (Å²) in [6, 6.07) is 9.04. The number of nitrogens with zero attached hydrogens (tertiary/aromatic N) is 3. The first-order chi connectivity index (χ1) is 19.3. The number of benzene rings is 2.